The zero-order valence-corrected chi connectivity index (χ0v) is 17.2. The number of aromatic nitrogens is 7. The van der Waals surface area contributed by atoms with Gasteiger partial charge in [0.05, 0.1) is 11.9 Å². The van der Waals surface area contributed by atoms with E-state index in [1.54, 1.807) is 35.5 Å². The summed E-state index contributed by atoms with van der Waals surface area (Å²) in [5.74, 6) is -2.82. The molecule has 0 spiro atoms. The molecule has 5 aromatic heterocycles. The number of rotatable bonds is 4. The third-order valence-electron chi connectivity index (χ3n) is 5.77. The molecular weight excluding hydrogens is 433 g/mol. The Hall–Kier alpha value is -3.86. The molecule has 0 bridgehead atoms. The molecule has 0 unspecified atom stereocenters. The van der Waals surface area contributed by atoms with E-state index in [-0.39, 0.29) is 29.6 Å². The first-order valence-electron chi connectivity index (χ1n) is 10.3. The molecule has 0 amide bonds. The van der Waals surface area contributed by atoms with Crippen molar-refractivity contribution in [1.29, 1.82) is 0 Å². The minimum Gasteiger partial charge on any atom is -0.321 e. The standard InChI is InChI=1S/C22H17F3N8/c23-17-14(13-6-12(7-26-8-13)10-33-5-3-22(24,25)11-33)9-28-20-16(17)18(31-32-20)21-29-15-2-1-4-27-19(15)30-21/h1-2,4,6-9H,3,5,10-11H2,(H,27,29,30)(H,28,31,32). The maximum Gasteiger partial charge on any atom is 0.261 e. The maximum atomic E-state index is 15.7. The molecule has 0 radical (unpaired) electrons. The molecule has 6 heterocycles. The van der Waals surface area contributed by atoms with E-state index < -0.39 is 11.7 Å². The van der Waals surface area contributed by atoms with Crippen molar-refractivity contribution in [3.63, 3.8) is 0 Å². The summed E-state index contributed by atoms with van der Waals surface area (Å²) in [6, 6.07) is 5.31. The van der Waals surface area contributed by atoms with Gasteiger partial charge in [0.15, 0.2) is 17.1 Å². The van der Waals surface area contributed by atoms with Gasteiger partial charge in [-0.1, -0.05) is 0 Å². The van der Waals surface area contributed by atoms with Crippen molar-refractivity contribution in [2.24, 2.45) is 0 Å². The van der Waals surface area contributed by atoms with Crippen LogP contribution in [-0.2, 0) is 6.54 Å². The lowest BCUT2D eigenvalue weighted by Crippen LogP contribution is -2.24. The predicted molar refractivity (Wildman–Crippen MR) is 115 cm³/mol. The zero-order chi connectivity index (χ0) is 22.6. The first kappa shape index (κ1) is 19.8. The summed E-state index contributed by atoms with van der Waals surface area (Å²) in [7, 11) is 0. The van der Waals surface area contributed by atoms with Gasteiger partial charge < -0.3 is 4.98 Å². The normalized spacial score (nSPS) is 16.2. The van der Waals surface area contributed by atoms with E-state index in [0.29, 0.717) is 41.3 Å². The Labute approximate surface area is 184 Å². The molecule has 1 aliphatic rings. The summed E-state index contributed by atoms with van der Waals surface area (Å²) in [4.78, 5) is 21.9. The summed E-state index contributed by atoms with van der Waals surface area (Å²) < 4.78 is 42.8. The van der Waals surface area contributed by atoms with Gasteiger partial charge in [-0.15, -0.1) is 0 Å². The van der Waals surface area contributed by atoms with Gasteiger partial charge in [-0.2, -0.15) is 5.10 Å². The van der Waals surface area contributed by atoms with Gasteiger partial charge in [0.2, 0.25) is 0 Å². The lowest BCUT2D eigenvalue weighted by atomic mass is 10.0. The molecule has 6 rings (SSSR count). The molecular formula is C22H17F3N8. The molecule has 1 fully saturated rings. The molecule has 5 aromatic rings. The molecule has 11 heteroatoms. The second kappa shape index (κ2) is 7.34. The maximum absolute atomic E-state index is 15.7. The Morgan fingerprint density at radius 2 is 2.03 bits per heavy atom. The minimum absolute atomic E-state index is 0.157. The number of hydrogen-bond acceptors (Lipinski definition) is 6. The van der Waals surface area contributed by atoms with Crippen molar-refractivity contribution in [1.82, 2.24) is 40.0 Å². The van der Waals surface area contributed by atoms with Crippen LogP contribution < -0.4 is 0 Å². The van der Waals surface area contributed by atoms with Gasteiger partial charge in [0.1, 0.15) is 17.0 Å². The van der Waals surface area contributed by atoms with Crippen LogP contribution in [0.3, 0.4) is 0 Å². The van der Waals surface area contributed by atoms with E-state index in [2.05, 4.69) is 35.1 Å². The number of alkyl halides is 2. The Bertz CT molecular complexity index is 1460. The van der Waals surface area contributed by atoms with Gasteiger partial charge in [-0.05, 0) is 23.8 Å². The Morgan fingerprint density at radius 3 is 2.85 bits per heavy atom. The van der Waals surface area contributed by atoms with Crippen molar-refractivity contribution < 1.29 is 13.2 Å². The van der Waals surface area contributed by atoms with Crippen LogP contribution in [0, 0.1) is 5.82 Å². The average Bonchev–Trinajstić information content (AvgIpc) is 3.50. The second-order valence-electron chi connectivity index (χ2n) is 8.14. The molecule has 166 valence electrons. The molecule has 0 atom stereocenters. The van der Waals surface area contributed by atoms with Crippen LogP contribution in [0.4, 0.5) is 13.2 Å². The molecule has 2 N–H and O–H groups in total. The van der Waals surface area contributed by atoms with Crippen LogP contribution in [0.2, 0.25) is 0 Å². The highest BCUT2D eigenvalue weighted by molar-refractivity contribution is 5.93. The van der Waals surface area contributed by atoms with Gasteiger partial charge in [-0.3, -0.25) is 15.0 Å². The highest BCUT2D eigenvalue weighted by Gasteiger charge is 2.37. The highest BCUT2D eigenvalue weighted by atomic mass is 19.3. The third-order valence-corrected chi connectivity index (χ3v) is 5.77. The topological polar surface area (TPSA) is 99.3 Å². The number of H-pyrrole nitrogens is 2. The van der Waals surface area contributed by atoms with E-state index in [1.807, 2.05) is 0 Å². The number of fused-ring (bicyclic) bond motifs is 2. The van der Waals surface area contributed by atoms with Gasteiger partial charge >= 0.3 is 0 Å². The second-order valence-corrected chi connectivity index (χ2v) is 8.14. The van der Waals surface area contributed by atoms with Crippen LogP contribution in [0.5, 0.6) is 0 Å². The first-order chi connectivity index (χ1) is 16.0. The number of pyridine rings is 3. The number of nitrogens with zero attached hydrogens (tertiary/aromatic N) is 6. The number of halogens is 3. The van der Waals surface area contributed by atoms with Crippen molar-refractivity contribution in [2.45, 2.75) is 18.9 Å². The molecule has 0 saturated carbocycles. The predicted octanol–water partition coefficient (Wildman–Crippen LogP) is 3.94. The molecule has 33 heavy (non-hydrogen) atoms. The van der Waals surface area contributed by atoms with Gasteiger partial charge in [-0.25, -0.2) is 28.1 Å². The Balaban J connectivity index is 1.39. The lowest BCUT2D eigenvalue weighted by Gasteiger charge is -2.15. The van der Waals surface area contributed by atoms with E-state index in [0.717, 1.165) is 5.56 Å². The smallest absolute Gasteiger partial charge is 0.261 e. The van der Waals surface area contributed by atoms with Crippen LogP contribution in [0.1, 0.15) is 12.0 Å². The van der Waals surface area contributed by atoms with Crippen molar-refractivity contribution in [2.75, 3.05) is 13.1 Å². The zero-order valence-electron chi connectivity index (χ0n) is 17.2. The number of nitrogens with one attached hydrogen (secondary N) is 2. The van der Waals surface area contributed by atoms with E-state index in [4.69, 9.17) is 0 Å². The van der Waals surface area contributed by atoms with E-state index in [1.165, 1.54) is 12.4 Å². The fourth-order valence-electron chi connectivity index (χ4n) is 4.20. The monoisotopic (exact) mass is 450 g/mol. The first-order valence-corrected chi connectivity index (χ1v) is 10.3. The van der Waals surface area contributed by atoms with Crippen LogP contribution >= 0.6 is 0 Å². The Kier molecular flexibility index (Phi) is 4.40. The summed E-state index contributed by atoms with van der Waals surface area (Å²) in [6.45, 7) is 0.338. The fourth-order valence-corrected chi connectivity index (χ4v) is 4.20. The largest absolute Gasteiger partial charge is 0.321 e. The molecule has 0 aromatic carbocycles. The molecule has 1 aliphatic heterocycles. The minimum atomic E-state index is -2.67. The van der Waals surface area contributed by atoms with Crippen molar-refractivity contribution >= 4 is 22.2 Å². The molecule has 1 saturated heterocycles. The van der Waals surface area contributed by atoms with E-state index >= 15 is 4.39 Å². The van der Waals surface area contributed by atoms with E-state index in [9.17, 15) is 8.78 Å². The van der Waals surface area contributed by atoms with Gasteiger partial charge in [0.25, 0.3) is 5.92 Å². The van der Waals surface area contributed by atoms with Crippen LogP contribution in [0.15, 0.2) is 43.0 Å². The highest BCUT2D eigenvalue weighted by Crippen LogP contribution is 2.33. The Morgan fingerprint density at radius 1 is 1.12 bits per heavy atom. The number of imidazole rings is 1. The number of likely N-dealkylation sites (tertiary alicyclic amines) is 1. The van der Waals surface area contributed by atoms with Crippen LogP contribution in [0.25, 0.3) is 44.8 Å². The third kappa shape index (κ3) is 3.50. The summed E-state index contributed by atoms with van der Waals surface area (Å²) in [5, 5.41) is 7.15. The molecule has 8 nitrogen and oxygen atoms in total. The summed E-state index contributed by atoms with van der Waals surface area (Å²) in [5.41, 5.74) is 3.24. The summed E-state index contributed by atoms with van der Waals surface area (Å²) >= 11 is 0. The lowest BCUT2D eigenvalue weighted by molar-refractivity contribution is 0.0115. The number of hydrogen-bond donors (Lipinski definition) is 2. The average molecular weight is 450 g/mol. The van der Waals surface area contributed by atoms with Gasteiger partial charge in [0, 0.05) is 55.4 Å². The quantitative estimate of drug-likeness (QED) is 0.430. The summed E-state index contributed by atoms with van der Waals surface area (Å²) in [6.07, 6.45) is 6.02. The van der Waals surface area contributed by atoms with Crippen molar-refractivity contribution in [3.8, 4) is 22.6 Å². The SMILES string of the molecule is Fc1c(-c2cncc(CN3CCC(F)(F)C3)c2)cnc2[nH]nc(-c3nc4cccnc4[nH]3)c12. The van der Waals surface area contributed by atoms with Crippen molar-refractivity contribution in [3.05, 3.63) is 54.4 Å². The number of aromatic amines is 2. The van der Waals surface area contributed by atoms with Crippen LogP contribution in [-0.4, -0.2) is 59.0 Å². The molecule has 0 aliphatic carbocycles. The fraction of sp³-hybridized carbons (Fsp3) is 0.227.